The zero-order valence-corrected chi connectivity index (χ0v) is 15.8. The molecule has 4 rings (SSSR count). The van der Waals surface area contributed by atoms with Gasteiger partial charge in [0.25, 0.3) is 5.56 Å². The van der Waals surface area contributed by atoms with Crippen molar-refractivity contribution in [3.05, 3.63) is 38.4 Å². The van der Waals surface area contributed by atoms with Crippen LogP contribution in [0.25, 0.3) is 4.96 Å². The number of carbonyl (C=O) groups excluding carboxylic acids is 1. The van der Waals surface area contributed by atoms with Crippen molar-refractivity contribution in [2.75, 3.05) is 5.75 Å². The van der Waals surface area contributed by atoms with Gasteiger partial charge in [-0.2, -0.15) is 22.7 Å². The number of β-lactam (4-membered cyclic amide) rings is 1. The highest BCUT2D eigenvalue weighted by molar-refractivity contribution is 8.00. The van der Waals surface area contributed by atoms with Gasteiger partial charge in [0.05, 0.1) is 5.25 Å². The molecule has 0 aromatic carbocycles. The molecule has 0 radical (unpaired) electrons. The molecule has 4 heterocycles. The third-order valence-corrected chi connectivity index (χ3v) is 7.28. The molecule has 2 aromatic rings. The van der Waals surface area contributed by atoms with Crippen molar-refractivity contribution >= 4 is 52.6 Å². The summed E-state index contributed by atoms with van der Waals surface area (Å²) < 4.78 is 1.52. The van der Waals surface area contributed by atoms with Crippen molar-refractivity contribution in [1.82, 2.24) is 19.5 Å². The van der Waals surface area contributed by atoms with E-state index in [0.29, 0.717) is 27.0 Å². The second-order valence-electron chi connectivity index (χ2n) is 5.89. The monoisotopic (exact) mass is 411 g/mol. The normalized spacial score (nSPS) is 23.8. The lowest BCUT2D eigenvalue weighted by molar-refractivity contribution is -0.148. The van der Waals surface area contributed by atoms with Gasteiger partial charge in [0, 0.05) is 17.5 Å². The van der Waals surface area contributed by atoms with E-state index in [-0.39, 0.29) is 16.6 Å². The molecule has 1 unspecified atom stereocenters. The van der Waals surface area contributed by atoms with Gasteiger partial charge in [0.2, 0.25) is 10.9 Å². The Bertz CT molecular complexity index is 1040. The number of carbonyl (C=O) groups is 2. The molecule has 2 aromatic heterocycles. The standard InChI is InChI=1S/C14H13N5O4S3/c1-4-2-6(20)16-14-19(4)17-10(26-14)9(24)5-3-25-12-7(15)11(21)18(12)8(5)13(22)23/h2,7,9,12,24H,3,15H2,1H3,(H,22,23)/t7-,9?,12-/m1/s1. The molecule has 2 aliphatic rings. The van der Waals surface area contributed by atoms with Crippen molar-refractivity contribution in [2.24, 2.45) is 5.73 Å². The number of rotatable bonds is 3. The number of carboxylic acids is 1. The maximum absolute atomic E-state index is 12.0. The zero-order valence-electron chi connectivity index (χ0n) is 13.3. The van der Waals surface area contributed by atoms with Crippen LogP contribution in [0.1, 0.15) is 16.0 Å². The number of hydrogen-bond donors (Lipinski definition) is 3. The number of aryl methyl sites for hydroxylation is 1. The molecular formula is C14H13N5O4S3. The topological polar surface area (TPSA) is 131 Å². The summed E-state index contributed by atoms with van der Waals surface area (Å²) in [5, 5.41) is 13.5. The Kier molecular flexibility index (Phi) is 4.10. The Hall–Kier alpha value is -1.89. The van der Waals surface area contributed by atoms with Gasteiger partial charge in [-0.25, -0.2) is 9.31 Å². The van der Waals surface area contributed by atoms with Crippen molar-refractivity contribution in [3.63, 3.8) is 0 Å². The van der Waals surface area contributed by atoms with Gasteiger partial charge in [-0.1, -0.05) is 11.3 Å². The van der Waals surface area contributed by atoms with Crippen LogP contribution in [0.4, 0.5) is 0 Å². The van der Waals surface area contributed by atoms with Crippen LogP contribution >= 0.6 is 35.7 Å². The fourth-order valence-corrected chi connectivity index (χ4v) is 5.83. The highest BCUT2D eigenvalue weighted by atomic mass is 32.2. The first-order valence-corrected chi connectivity index (χ1v) is 9.90. The Labute approximate surface area is 160 Å². The summed E-state index contributed by atoms with van der Waals surface area (Å²) in [5.41, 5.74) is 6.40. The average Bonchev–Trinajstić information content (AvgIpc) is 3.03. The fourth-order valence-electron chi connectivity index (χ4n) is 2.97. The van der Waals surface area contributed by atoms with Gasteiger partial charge >= 0.3 is 5.97 Å². The molecule has 0 aliphatic carbocycles. The number of carboxylic acid groups (broad SMARTS) is 1. The minimum absolute atomic E-state index is 0.0844. The molecule has 3 atom stereocenters. The van der Waals surface area contributed by atoms with Crippen molar-refractivity contribution in [3.8, 4) is 0 Å². The molecule has 1 saturated heterocycles. The van der Waals surface area contributed by atoms with Gasteiger partial charge in [-0.3, -0.25) is 14.5 Å². The Morgan fingerprint density at radius 1 is 1.50 bits per heavy atom. The first-order valence-electron chi connectivity index (χ1n) is 7.51. The fraction of sp³-hybridized carbons (Fsp3) is 0.357. The van der Waals surface area contributed by atoms with E-state index in [2.05, 4.69) is 22.7 Å². The molecule has 12 heteroatoms. The minimum Gasteiger partial charge on any atom is -0.477 e. The maximum Gasteiger partial charge on any atom is 0.352 e. The van der Waals surface area contributed by atoms with E-state index in [1.165, 1.54) is 27.2 Å². The highest BCUT2D eigenvalue weighted by Gasteiger charge is 2.52. The van der Waals surface area contributed by atoms with Gasteiger partial charge in [0.15, 0.2) is 0 Å². The van der Waals surface area contributed by atoms with Crippen LogP contribution in [0.5, 0.6) is 0 Å². The minimum atomic E-state index is -1.20. The Balaban J connectivity index is 1.80. The number of nitrogens with zero attached hydrogens (tertiary/aromatic N) is 4. The molecule has 136 valence electrons. The number of aliphatic carboxylic acids is 1. The molecule has 1 amide bonds. The van der Waals surface area contributed by atoms with Gasteiger partial charge in [-0.05, 0) is 12.5 Å². The van der Waals surface area contributed by atoms with Crippen LogP contribution in [0.2, 0.25) is 0 Å². The first kappa shape index (κ1) is 17.5. The van der Waals surface area contributed by atoms with Crippen LogP contribution in [-0.2, 0) is 9.59 Å². The molecule has 0 bridgehead atoms. The summed E-state index contributed by atoms with van der Waals surface area (Å²) in [5.74, 6) is -1.24. The van der Waals surface area contributed by atoms with Crippen molar-refractivity contribution < 1.29 is 14.7 Å². The first-order chi connectivity index (χ1) is 12.3. The summed E-state index contributed by atoms with van der Waals surface area (Å²) in [6, 6.07) is 0.683. The van der Waals surface area contributed by atoms with Gasteiger partial charge in [-0.15, -0.1) is 11.8 Å². The molecule has 0 saturated carbocycles. The second-order valence-corrected chi connectivity index (χ2v) is 8.50. The van der Waals surface area contributed by atoms with E-state index in [9.17, 15) is 19.5 Å². The highest BCUT2D eigenvalue weighted by Crippen LogP contribution is 2.45. The number of aromatic nitrogens is 3. The van der Waals surface area contributed by atoms with Crippen LogP contribution in [0, 0.1) is 6.92 Å². The van der Waals surface area contributed by atoms with E-state index in [4.69, 9.17) is 5.73 Å². The summed E-state index contributed by atoms with van der Waals surface area (Å²) in [6.45, 7) is 1.73. The molecule has 0 spiro atoms. The molecule has 2 aliphatic heterocycles. The van der Waals surface area contributed by atoms with Gasteiger partial charge < -0.3 is 10.8 Å². The number of hydrogen-bond acceptors (Lipinski definition) is 9. The van der Waals surface area contributed by atoms with Crippen molar-refractivity contribution in [1.29, 1.82) is 0 Å². The smallest absolute Gasteiger partial charge is 0.352 e. The Morgan fingerprint density at radius 2 is 2.23 bits per heavy atom. The predicted octanol–water partition coefficient (Wildman–Crippen LogP) is 0.0114. The quantitative estimate of drug-likeness (QED) is 0.476. The summed E-state index contributed by atoms with van der Waals surface area (Å²) in [4.78, 5) is 41.0. The summed E-state index contributed by atoms with van der Waals surface area (Å²) in [7, 11) is 0. The van der Waals surface area contributed by atoms with Crippen molar-refractivity contribution in [2.45, 2.75) is 23.6 Å². The predicted molar refractivity (Wildman–Crippen MR) is 99.3 cm³/mol. The van der Waals surface area contributed by atoms with Crippen LogP contribution in [0.15, 0.2) is 22.1 Å². The number of nitrogens with two attached hydrogens (primary N) is 1. The lowest BCUT2D eigenvalue weighted by Crippen LogP contribution is -2.68. The third kappa shape index (κ3) is 2.47. The van der Waals surface area contributed by atoms with Crippen LogP contribution in [-0.4, -0.2) is 53.6 Å². The molecule has 9 nitrogen and oxygen atoms in total. The van der Waals surface area contributed by atoms with E-state index < -0.39 is 23.2 Å². The van der Waals surface area contributed by atoms with E-state index in [1.807, 2.05) is 0 Å². The third-order valence-electron chi connectivity index (χ3n) is 4.25. The molecule has 1 fully saturated rings. The number of fused-ring (bicyclic) bond motifs is 2. The number of thiol groups is 1. The zero-order chi connectivity index (χ0) is 18.7. The number of thioether (sulfide) groups is 1. The molecule has 26 heavy (non-hydrogen) atoms. The van der Waals surface area contributed by atoms with Crippen LogP contribution in [0.3, 0.4) is 0 Å². The number of amides is 1. The summed E-state index contributed by atoms with van der Waals surface area (Å²) >= 11 is 7.12. The molecule has 3 N–H and O–H groups in total. The van der Waals surface area contributed by atoms with E-state index >= 15 is 0 Å². The van der Waals surface area contributed by atoms with Gasteiger partial charge in [0.1, 0.15) is 22.1 Å². The lowest BCUT2D eigenvalue weighted by atomic mass is 10.0. The van der Waals surface area contributed by atoms with E-state index in [1.54, 1.807) is 6.92 Å². The lowest BCUT2D eigenvalue weighted by Gasteiger charge is -2.48. The maximum atomic E-state index is 12.0. The summed E-state index contributed by atoms with van der Waals surface area (Å²) in [6.07, 6.45) is 0. The average molecular weight is 411 g/mol. The van der Waals surface area contributed by atoms with Crippen LogP contribution < -0.4 is 11.3 Å². The van der Waals surface area contributed by atoms with E-state index in [0.717, 1.165) is 11.3 Å². The SMILES string of the molecule is Cc1cc(=O)nc2sc(C(S)C3=C(C(=O)O)N4C(=O)[C@@H](N)[C@H]4SC3)nn12. The Morgan fingerprint density at radius 3 is 2.92 bits per heavy atom. The second kappa shape index (κ2) is 6.08. The molecular weight excluding hydrogens is 398 g/mol. The largest absolute Gasteiger partial charge is 0.477 e.